The van der Waals surface area contributed by atoms with Gasteiger partial charge < -0.3 is 58.1 Å². The molecule has 1 aromatic carbocycles. The predicted octanol–water partition coefficient (Wildman–Crippen LogP) is -5.47. The second-order valence-corrected chi connectivity index (χ2v) is 9.96. The van der Waals surface area contributed by atoms with E-state index in [9.17, 15) is 44.1 Å². The molecule has 2 unspecified atom stereocenters. The number of nitrogens with zero attached hydrogens (tertiary/aromatic N) is 1. The Labute approximate surface area is 247 Å². The van der Waals surface area contributed by atoms with Crippen molar-refractivity contribution in [3.63, 3.8) is 0 Å². The van der Waals surface area contributed by atoms with Crippen LogP contribution in [0.15, 0.2) is 24.3 Å². The first-order valence-electron chi connectivity index (χ1n) is 13.5. The number of primary amides is 1. The Morgan fingerprint density at radius 1 is 0.907 bits per heavy atom. The molecule has 2 rings (SSSR count). The van der Waals surface area contributed by atoms with E-state index in [0.717, 1.165) is 4.90 Å². The van der Waals surface area contributed by atoms with Crippen LogP contribution in [0.2, 0.25) is 0 Å². The maximum Gasteiger partial charge on any atom is 0.248 e. The monoisotopic (exact) mass is 609 g/mol. The number of phenolic OH excluding ortho intramolecular Hbond substituents is 1. The van der Waals surface area contributed by atoms with Crippen molar-refractivity contribution in [3.8, 4) is 5.75 Å². The van der Waals surface area contributed by atoms with Crippen LogP contribution in [0.3, 0.4) is 0 Å². The zero-order valence-electron chi connectivity index (χ0n) is 23.4. The minimum absolute atomic E-state index is 0.00962. The molecule has 238 valence electrons. The molecule has 17 heteroatoms. The van der Waals surface area contributed by atoms with Gasteiger partial charge in [-0.15, -0.1) is 0 Å². The van der Waals surface area contributed by atoms with Crippen molar-refractivity contribution in [1.82, 2.24) is 26.2 Å². The average molecular weight is 610 g/mol. The Morgan fingerprint density at radius 3 is 2.16 bits per heavy atom. The number of carbonyl (C=O) groups excluding carboxylic acids is 6. The molecule has 43 heavy (non-hydrogen) atoms. The van der Waals surface area contributed by atoms with Crippen LogP contribution in [-0.2, 0) is 35.2 Å². The van der Waals surface area contributed by atoms with E-state index in [-0.39, 0.29) is 31.7 Å². The van der Waals surface area contributed by atoms with Gasteiger partial charge in [0.15, 0.2) is 0 Å². The summed E-state index contributed by atoms with van der Waals surface area (Å²) in [4.78, 5) is 76.0. The highest BCUT2D eigenvalue weighted by Crippen LogP contribution is 2.19. The van der Waals surface area contributed by atoms with Crippen molar-refractivity contribution in [2.45, 2.75) is 43.4 Å². The molecule has 1 aromatic rings. The summed E-state index contributed by atoms with van der Waals surface area (Å²) in [6.07, 6.45) is 0.664. The molecule has 0 bridgehead atoms. The molecule has 0 aliphatic carbocycles. The lowest BCUT2D eigenvalue weighted by atomic mass is 10.0. The maximum atomic E-state index is 12.9. The normalized spacial score (nSPS) is 17.2. The van der Waals surface area contributed by atoms with E-state index in [4.69, 9.17) is 16.6 Å². The van der Waals surface area contributed by atoms with E-state index in [1.54, 1.807) is 0 Å². The number of likely N-dealkylation sites (tertiary alicyclic amines) is 1. The lowest BCUT2D eigenvalue weighted by Crippen LogP contribution is -2.57. The number of phenols is 1. The Hall–Kier alpha value is -4.32. The first-order chi connectivity index (χ1) is 20.4. The summed E-state index contributed by atoms with van der Waals surface area (Å²) < 4.78 is 0. The van der Waals surface area contributed by atoms with Crippen molar-refractivity contribution in [1.29, 1.82) is 0 Å². The second kappa shape index (κ2) is 17.0. The van der Waals surface area contributed by atoms with E-state index in [2.05, 4.69) is 21.3 Å². The maximum absolute atomic E-state index is 12.9. The molecule has 0 saturated carbocycles. The van der Waals surface area contributed by atoms with Crippen LogP contribution in [0.1, 0.15) is 18.4 Å². The number of nitrogens with one attached hydrogen (secondary N) is 4. The lowest BCUT2D eigenvalue weighted by molar-refractivity contribution is -0.142. The molecule has 0 radical (unpaired) electrons. The standard InChI is InChI=1S/C26H39N7O10/c27-17(12-35)23(40)32-19(13-36)26(43)33-7-1-2-20(33)25(42)30-10-21(38)31-18(8-14-3-5-16(37)6-4-14)24(41)29-9-15(11-34)22(28)39/h3-6,15,17-20,34-37H,1-2,7-13,27H2,(H2,28,39)(H,29,41)(H,30,42)(H,31,38)(H,32,40)/t15-,17-,18?,19-,20?/m0/s1. The van der Waals surface area contributed by atoms with Crippen molar-refractivity contribution < 1.29 is 49.2 Å². The number of aliphatic hydroxyl groups is 3. The summed E-state index contributed by atoms with van der Waals surface area (Å²) in [5.41, 5.74) is 11.2. The largest absolute Gasteiger partial charge is 0.508 e. The molecule has 1 heterocycles. The molecule has 0 aromatic heterocycles. The number of benzene rings is 1. The van der Waals surface area contributed by atoms with Gasteiger partial charge in [0.1, 0.15) is 29.9 Å². The number of amides is 6. The minimum Gasteiger partial charge on any atom is -0.508 e. The molecule has 17 nitrogen and oxygen atoms in total. The molecule has 1 saturated heterocycles. The molecule has 1 fully saturated rings. The molecule has 12 N–H and O–H groups in total. The summed E-state index contributed by atoms with van der Waals surface area (Å²) in [7, 11) is 0. The number of aliphatic hydroxyl groups excluding tert-OH is 3. The number of nitrogens with two attached hydrogens (primary N) is 2. The van der Waals surface area contributed by atoms with Crippen molar-refractivity contribution in [3.05, 3.63) is 29.8 Å². The highest BCUT2D eigenvalue weighted by Gasteiger charge is 2.38. The number of rotatable bonds is 16. The highest BCUT2D eigenvalue weighted by atomic mass is 16.3. The topological polar surface area (TPSA) is 287 Å². The summed E-state index contributed by atoms with van der Waals surface area (Å²) in [6.45, 7) is -2.75. The van der Waals surface area contributed by atoms with Gasteiger partial charge in [0, 0.05) is 19.5 Å². The van der Waals surface area contributed by atoms with Gasteiger partial charge in [0.2, 0.25) is 35.4 Å². The fourth-order valence-corrected chi connectivity index (χ4v) is 4.26. The first kappa shape index (κ1) is 34.9. The van der Waals surface area contributed by atoms with Gasteiger partial charge in [-0.2, -0.15) is 0 Å². The SMILES string of the molecule is NC(=O)[C@H](CO)CNC(=O)C(Cc1ccc(O)cc1)NC(=O)CNC(=O)C1CCCN1C(=O)[C@H](CO)NC(=O)[C@@H](N)CO. The van der Waals surface area contributed by atoms with Crippen molar-refractivity contribution in [2.24, 2.45) is 17.4 Å². The van der Waals surface area contributed by atoms with Gasteiger partial charge in [-0.3, -0.25) is 28.8 Å². The number of hydrogen-bond donors (Lipinski definition) is 10. The summed E-state index contributed by atoms with van der Waals surface area (Å²) in [5, 5.41) is 47.0. The van der Waals surface area contributed by atoms with E-state index < -0.39 is 91.9 Å². The quantitative estimate of drug-likeness (QED) is 0.0843. The Balaban J connectivity index is 2.03. The van der Waals surface area contributed by atoms with E-state index >= 15 is 0 Å². The summed E-state index contributed by atoms with van der Waals surface area (Å²) in [6, 6.07) is 0.970. The van der Waals surface area contributed by atoms with E-state index in [0.29, 0.717) is 12.0 Å². The molecular weight excluding hydrogens is 570 g/mol. The fourth-order valence-electron chi connectivity index (χ4n) is 4.26. The zero-order valence-corrected chi connectivity index (χ0v) is 23.4. The molecule has 6 amide bonds. The van der Waals surface area contributed by atoms with Crippen molar-refractivity contribution in [2.75, 3.05) is 39.5 Å². The Bertz CT molecular complexity index is 1150. The molecular formula is C26H39N7O10. The van der Waals surface area contributed by atoms with Crippen LogP contribution in [0.25, 0.3) is 0 Å². The molecule has 1 aliphatic rings. The summed E-state index contributed by atoms with van der Waals surface area (Å²) in [5.74, 6) is -5.62. The van der Waals surface area contributed by atoms with Crippen LogP contribution >= 0.6 is 0 Å². The fraction of sp³-hybridized carbons (Fsp3) is 0.538. The molecule has 0 spiro atoms. The van der Waals surface area contributed by atoms with Gasteiger partial charge in [0.25, 0.3) is 0 Å². The van der Waals surface area contributed by atoms with Gasteiger partial charge in [-0.05, 0) is 30.5 Å². The van der Waals surface area contributed by atoms with Gasteiger partial charge in [0.05, 0.1) is 32.3 Å². The number of hydrogen-bond acceptors (Lipinski definition) is 11. The van der Waals surface area contributed by atoms with E-state index in [1.165, 1.54) is 24.3 Å². The molecule has 1 aliphatic heterocycles. The highest BCUT2D eigenvalue weighted by molar-refractivity contribution is 5.95. The van der Waals surface area contributed by atoms with E-state index in [1.807, 2.05) is 0 Å². The smallest absolute Gasteiger partial charge is 0.248 e. The third-order valence-corrected chi connectivity index (χ3v) is 6.77. The predicted molar refractivity (Wildman–Crippen MR) is 148 cm³/mol. The molecule has 5 atom stereocenters. The Morgan fingerprint density at radius 2 is 1.58 bits per heavy atom. The zero-order chi connectivity index (χ0) is 32.1. The first-order valence-corrected chi connectivity index (χ1v) is 13.5. The Kier molecular flexibility index (Phi) is 13.8. The minimum atomic E-state index is -1.40. The van der Waals surface area contributed by atoms with Crippen LogP contribution in [-0.4, -0.2) is 124 Å². The van der Waals surface area contributed by atoms with Crippen LogP contribution in [0.5, 0.6) is 5.75 Å². The van der Waals surface area contributed by atoms with Crippen LogP contribution < -0.4 is 32.7 Å². The third kappa shape index (κ3) is 10.5. The average Bonchev–Trinajstić information content (AvgIpc) is 3.48. The number of carbonyl (C=O) groups is 6. The summed E-state index contributed by atoms with van der Waals surface area (Å²) >= 11 is 0. The van der Waals surface area contributed by atoms with Crippen LogP contribution in [0, 0.1) is 5.92 Å². The van der Waals surface area contributed by atoms with Crippen molar-refractivity contribution >= 4 is 35.4 Å². The third-order valence-electron chi connectivity index (χ3n) is 6.77. The van der Waals surface area contributed by atoms with Crippen LogP contribution in [0.4, 0.5) is 0 Å². The van der Waals surface area contributed by atoms with Gasteiger partial charge >= 0.3 is 0 Å². The lowest BCUT2D eigenvalue weighted by Gasteiger charge is -2.28. The number of aromatic hydroxyl groups is 1. The van der Waals surface area contributed by atoms with Gasteiger partial charge in [-0.25, -0.2) is 0 Å². The second-order valence-electron chi connectivity index (χ2n) is 9.96. The van der Waals surface area contributed by atoms with Gasteiger partial charge in [-0.1, -0.05) is 12.1 Å².